The molecular formula is C21H25N3O6. The molecule has 1 atom stereocenters. The molecule has 2 aromatic rings. The average molecular weight is 415 g/mol. The minimum absolute atomic E-state index is 0.244. The second kappa shape index (κ2) is 9.82. The Kier molecular flexibility index (Phi) is 6.95. The van der Waals surface area contributed by atoms with Crippen LogP contribution in [0.15, 0.2) is 41.0 Å². The number of carbonyl (C=O) groups is 3. The normalized spacial score (nSPS) is 15.9. The Bertz CT molecular complexity index is 896. The third-order valence-corrected chi connectivity index (χ3v) is 4.84. The second-order valence-corrected chi connectivity index (χ2v) is 6.81. The number of furan rings is 1. The lowest BCUT2D eigenvalue weighted by molar-refractivity contribution is -0.127. The largest absolute Gasteiger partial charge is 0.493 e. The highest BCUT2D eigenvalue weighted by atomic mass is 16.5. The third kappa shape index (κ3) is 4.91. The molecule has 1 saturated heterocycles. The van der Waals surface area contributed by atoms with E-state index in [0.717, 1.165) is 0 Å². The minimum Gasteiger partial charge on any atom is -0.493 e. The Morgan fingerprint density at radius 1 is 1.20 bits per heavy atom. The summed E-state index contributed by atoms with van der Waals surface area (Å²) in [4.78, 5) is 38.9. The molecule has 3 amide bonds. The summed E-state index contributed by atoms with van der Waals surface area (Å²) in [5.41, 5.74) is 5.18. The fourth-order valence-corrected chi connectivity index (χ4v) is 3.31. The maximum absolute atomic E-state index is 12.5. The fourth-order valence-electron chi connectivity index (χ4n) is 3.31. The van der Waals surface area contributed by atoms with Gasteiger partial charge in [0.05, 0.1) is 25.9 Å². The summed E-state index contributed by atoms with van der Waals surface area (Å²) in [5, 5.41) is 0. The molecule has 2 N–H and O–H groups in total. The van der Waals surface area contributed by atoms with Crippen LogP contribution in [0.1, 0.15) is 40.7 Å². The number of benzene rings is 1. The van der Waals surface area contributed by atoms with Crippen molar-refractivity contribution < 1.29 is 28.3 Å². The lowest BCUT2D eigenvalue weighted by Crippen LogP contribution is -2.50. The predicted octanol–water partition coefficient (Wildman–Crippen LogP) is 2.00. The standard InChI is InChI=1S/C21H25N3O6/c1-3-29-16-9-8-14(12-18(16)28-2)19(25)22-23-20(26)15-6-4-10-24(13-15)21(27)17-7-5-11-30-17/h5,7-9,11-12,15H,3-4,6,10,13H2,1-2H3,(H,22,25)(H,23,26). The smallest absolute Gasteiger partial charge is 0.289 e. The summed E-state index contributed by atoms with van der Waals surface area (Å²) in [6.07, 6.45) is 2.75. The number of hydrogen-bond acceptors (Lipinski definition) is 6. The lowest BCUT2D eigenvalue weighted by atomic mass is 9.97. The molecule has 1 aromatic heterocycles. The number of carbonyl (C=O) groups excluding carboxylic acids is 3. The molecule has 1 fully saturated rings. The van der Waals surface area contributed by atoms with E-state index in [1.807, 2.05) is 6.92 Å². The Morgan fingerprint density at radius 2 is 2.03 bits per heavy atom. The number of nitrogens with zero attached hydrogens (tertiary/aromatic N) is 1. The van der Waals surface area contributed by atoms with Gasteiger partial charge in [0.25, 0.3) is 11.8 Å². The van der Waals surface area contributed by atoms with Gasteiger partial charge in [-0.05, 0) is 50.1 Å². The van der Waals surface area contributed by atoms with Gasteiger partial charge < -0.3 is 18.8 Å². The summed E-state index contributed by atoms with van der Waals surface area (Å²) in [6.45, 7) is 3.14. The first-order valence-corrected chi connectivity index (χ1v) is 9.77. The summed E-state index contributed by atoms with van der Waals surface area (Å²) in [5.74, 6) is -0.300. The molecule has 1 unspecified atom stereocenters. The van der Waals surface area contributed by atoms with Crippen LogP contribution < -0.4 is 20.3 Å². The molecule has 0 aliphatic carbocycles. The molecular weight excluding hydrogens is 390 g/mol. The molecule has 1 aliphatic heterocycles. The fraction of sp³-hybridized carbons (Fsp3) is 0.381. The van der Waals surface area contributed by atoms with Gasteiger partial charge in [0, 0.05) is 18.7 Å². The number of ether oxygens (including phenoxy) is 2. The number of rotatable bonds is 6. The first kappa shape index (κ1) is 21.2. The third-order valence-electron chi connectivity index (χ3n) is 4.84. The van der Waals surface area contributed by atoms with Crippen LogP contribution in [0.3, 0.4) is 0 Å². The van der Waals surface area contributed by atoms with E-state index in [1.165, 1.54) is 19.4 Å². The highest BCUT2D eigenvalue weighted by molar-refractivity contribution is 5.96. The summed E-state index contributed by atoms with van der Waals surface area (Å²) < 4.78 is 15.8. The Labute approximate surface area is 174 Å². The van der Waals surface area contributed by atoms with Crippen LogP contribution in [0.2, 0.25) is 0 Å². The number of nitrogens with one attached hydrogen (secondary N) is 2. The number of hydrogen-bond donors (Lipinski definition) is 2. The van der Waals surface area contributed by atoms with Crippen LogP contribution in [0.4, 0.5) is 0 Å². The summed E-state index contributed by atoms with van der Waals surface area (Å²) in [6, 6.07) is 8.00. The molecule has 0 saturated carbocycles. The van der Waals surface area contributed by atoms with Crippen molar-refractivity contribution in [2.24, 2.45) is 5.92 Å². The van der Waals surface area contributed by atoms with E-state index in [4.69, 9.17) is 13.9 Å². The summed E-state index contributed by atoms with van der Waals surface area (Å²) >= 11 is 0. The van der Waals surface area contributed by atoms with Crippen molar-refractivity contribution in [2.45, 2.75) is 19.8 Å². The quantitative estimate of drug-likeness (QED) is 0.699. The molecule has 1 aliphatic rings. The molecule has 9 nitrogen and oxygen atoms in total. The van der Waals surface area contributed by atoms with Gasteiger partial charge in [0.2, 0.25) is 5.91 Å². The van der Waals surface area contributed by atoms with Gasteiger partial charge in [-0.15, -0.1) is 0 Å². The second-order valence-electron chi connectivity index (χ2n) is 6.81. The van der Waals surface area contributed by atoms with E-state index in [2.05, 4.69) is 10.9 Å². The number of amides is 3. The van der Waals surface area contributed by atoms with Crippen molar-refractivity contribution >= 4 is 17.7 Å². The monoisotopic (exact) mass is 415 g/mol. The zero-order chi connectivity index (χ0) is 21.5. The van der Waals surface area contributed by atoms with E-state index < -0.39 is 11.8 Å². The van der Waals surface area contributed by atoms with Gasteiger partial charge >= 0.3 is 0 Å². The number of methoxy groups -OCH3 is 1. The van der Waals surface area contributed by atoms with E-state index in [-0.39, 0.29) is 24.1 Å². The SMILES string of the molecule is CCOc1ccc(C(=O)NNC(=O)C2CCCN(C(=O)c3ccco3)C2)cc1OC. The van der Waals surface area contributed by atoms with Crippen molar-refractivity contribution in [1.29, 1.82) is 0 Å². The van der Waals surface area contributed by atoms with Crippen molar-refractivity contribution in [2.75, 3.05) is 26.8 Å². The van der Waals surface area contributed by atoms with Crippen molar-refractivity contribution in [3.8, 4) is 11.5 Å². The van der Waals surface area contributed by atoms with Gasteiger partial charge in [-0.3, -0.25) is 25.2 Å². The zero-order valence-electron chi connectivity index (χ0n) is 17.0. The van der Waals surface area contributed by atoms with E-state index >= 15 is 0 Å². The maximum Gasteiger partial charge on any atom is 0.289 e. The van der Waals surface area contributed by atoms with Gasteiger partial charge in [-0.1, -0.05) is 0 Å². The molecule has 2 heterocycles. The molecule has 160 valence electrons. The minimum atomic E-state index is -0.482. The Morgan fingerprint density at radius 3 is 2.73 bits per heavy atom. The van der Waals surface area contributed by atoms with Crippen molar-refractivity contribution in [3.05, 3.63) is 47.9 Å². The zero-order valence-corrected chi connectivity index (χ0v) is 17.0. The van der Waals surface area contributed by atoms with Crippen LogP contribution in [-0.2, 0) is 4.79 Å². The molecule has 0 bridgehead atoms. The Balaban J connectivity index is 1.56. The number of likely N-dealkylation sites (tertiary alicyclic amines) is 1. The first-order chi connectivity index (χ1) is 14.5. The van der Waals surface area contributed by atoms with E-state index in [1.54, 1.807) is 29.2 Å². The molecule has 9 heteroatoms. The van der Waals surface area contributed by atoms with Crippen molar-refractivity contribution in [1.82, 2.24) is 15.8 Å². The van der Waals surface area contributed by atoms with Gasteiger partial charge in [0.1, 0.15) is 0 Å². The van der Waals surface area contributed by atoms with Crippen molar-refractivity contribution in [3.63, 3.8) is 0 Å². The highest BCUT2D eigenvalue weighted by Gasteiger charge is 2.30. The highest BCUT2D eigenvalue weighted by Crippen LogP contribution is 2.28. The average Bonchev–Trinajstić information content (AvgIpc) is 3.32. The summed E-state index contributed by atoms with van der Waals surface area (Å²) in [7, 11) is 1.49. The number of hydrazine groups is 1. The van der Waals surface area contributed by atoms with Gasteiger partial charge in [0.15, 0.2) is 17.3 Å². The van der Waals surface area contributed by atoms with Crippen LogP contribution in [-0.4, -0.2) is 49.4 Å². The van der Waals surface area contributed by atoms with Crippen LogP contribution >= 0.6 is 0 Å². The van der Waals surface area contributed by atoms with Gasteiger partial charge in [-0.25, -0.2) is 0 Å². The van der Waals surface area contributed by atoms with Crippen LogP contribution in [0, 0.1) is 5.92 Å². The van der Waals surface area contributed by atoms with Crippen LogP contribution in [0.25, 0.3) is 0 Å². The van der Waals surface area contributed by atoms with Gasteiger partial charge in [-0.2, -0.15) is 0 Å². The van der Waals surface area contributed by atoms with E-state index in [0.29, 0.717) is 43.1 Å². The molecule has 0 spiro atoms. The maximum atomic E-state index is 12.5. The molecule has 0 radical (unpaired) electrons. The molecule has 30 heavy (non-hydrogen) atoms. The molecule has 3 rings (SSSR count). The Hall–Kier alpha value is -3.49. The lowest BCUT2D eigenvalue weighted by Gasteiger charge is -2.31. The number of piperidine rings is 1. The topological polar surface area (TPSA) is 110 Å². The predicted molar refractivity (Wildman–Crippen MR) is 107 cm³/mol. The molecule has 1 aromatic carbocycles. The first-order valence-electron chi connectivity index (χ1n) is 9.77. The van der Waals surface area contributed by atoms with E-state index in [9.17, 15) is 14.4 Å². The van der Waals surface area contributed by atoms with Crippen LogP contribution in [0.5, 0.6) is 11.5 Å².